The summed E-state index contributed by atoms with van der Waals surface area (Å²) in [6, 6.07) is 13.3. The summed E-state index contributed by atoms with van der Waals surface area (Å²) in [5.74, 6) is 1.42. The zero-order valence-corrected chi connectivity index (χ0v) is 22.0. The van der Waals surface area contributed by atoms with Crippen molar-refractivity contribution in [2.75, 3.05) is 25.9 Å². The summed E-state index contributed by atoms with van der Waals surface area (Å²) >= 11 is 2.04. The van der Waals surface area contributed by atoms with Gasteiger partial charge in [-0.3, -0.25) is 14.5 Å². The van der Waals surface area contributed by atoms with Crippen molar-refractivity contribution in [2.45, 2.75) is 51.4 Å². The maximum Gasteiger partial charge on any atom is 0.255 e. The van der Waals surface area contributed by atoms with E-state index >= 15 is 0 Å². The molecule has 1 atom stereocenters. The lowest BCUT2D eigenvalue weighted by molar-refractivity contribution is -0.125. The molecular weight excluding hydrogens is 486 g/mol. The molecule has 194 valence electrons. The molecule has 7 nitrogen and oxygen atoms in total. The van der Waals surface area contributed by atoms with E-state index in [2.05, 4.69) is 34.5 Å². The van der Waals surface area contributed by atoms with E-state index in [1.165, 1.54) is 24.2 Å². The minimum atomic E-state index is -0.689. The second-order valence-electron chi connectivity index (χ2n) is 9.78. The molecule has 2 aromatic carbocycles. The summed E-state index contributed by atoms with van der Waals surface area (Å²) in [6.45, 7) is 3.86. The van der Waals surface area contributed by atoms with Gasteiger partial charge in [-0.15, -0.1) is 11.8 Å². The molecule has 0 spiro atoms. The Hall–Kier alpha value is -3.10. The van der Waals surface area contributed by atoms with Gasteiger partial charge in [0.05, 0.1) is 6.54 Å². The predicted molar refractivity (Wildman–Crippen MR) is 144 cm³/mol. The van der Waals surface area contributed by atoms with Crippen molar-refractivity contribution < 1.29 is 19.1 Å². The molecule has 1 unspecified atom stereocenters. The Balaban J connectivity index is 1.21. The van der Waals surface area contributed by atoms with Gasteiger partial charge in [0.25, 0.3) is 5.91 Å². The molecule has 0 bridgehead atoms. The van der Waals surface area contributed by atoms with Crippen molar-refractivity contribution in [2.24, 2.45) is 0 Å². The topological polar surface area (TPSA) is 79.0 Å². The number of amides is 2. The Kier molecular flexibility index (Phi) is 7.96. The van der Waals surface area contributed by atoms with Crippen LogP contribution in [0, 0.1) is 0 Å². The highest BCUT2D eigenvalue weighted by Crippen LogP contribution is 2.37. The minimum absolute atomic E-state index is 0.207. The highest BCUT2D eigenvalue weighted by atomic mass is 32.2. The zero-order chi connectivity index (χ0) is 25.8. The Morgan fingerprint density at radius 3 is 2.73 bits per heavy atom. The van der Waals surface area contributed by atoms with Crippen LogP contribution in [0.5, 0.6) is 5.75 Å². The number of nitrogens with one attached hydrogen (secondary N) is 1. The molecule has 0 saturated carbocycles. The third-order valence-electron chi connectivity index (χ3n) is 7.40. The second kappa shape index (κ2) is 11.5. The van der Waals surface area contributed by atoms with Crippen LogP contribution in [-0.4, -0.2) is 59.8 Å². The zero-order valence-electron chi connectivity index (χ0n) is 21.2. The van der Waals surface area contributed by atoms with E-state index in [9.17, 15) is 14.4 Å². The lowest BCUT2D eigenvalue weighted by Crippen LogP contribution is -2.46. The van der Waals surface area contributed by atoms with E-state index in [1.807, 2.05) is 17.8 Å². The summed E-state index contributed by atoms with van der Waals surface area (Å²) in [6.07, 6.45) is 3.71. The number of carbonyl (C=O) groups is 3. The lowest BCUT2D eigenvalue weighted by atomic mass is 10.1. The van der Waals surface area contributed by atoms with Crippen molar-refractivity contribution in [3.8, 4) is 5.75 Å². The van der Waals surface area contributed by atoms with Crippen molar-refractivity contribution in [3.63, 3.8) is 0 Å². The molecule has 3 heterocycles. The average Bonchev–Trinajstić information content (AvgIpc) is 3.53. The quantitative estimate of drug-likeness (QED) is 0.480. The first-order valence-corrected chi connectivity index (χ1v) is 13.9. The Labute approximate surface area is 222 Å². The molecule has 8 heteroatoms. The third-order valence-corrected chi connectivity index (χ3v) is 8.65. The first-order chi connectivity index (χ1) is 18.1. The summed E-state index contributed by atoms with van der Waals surface area (Å²) in [4.78, 5) is 42.2. The van der Waals surface area contributed by atoms with Crippen LogP contribution in [0.4, 0.5) is 0 Å². The Morgan fingerprint density at radius 2 is 1.95 bits per heavy atom. The van der Waals surface area contributed by atoms with Crippen LogP contribution in [0.2, 0.25) is 0 Å². The standard InChI is InChI=1S/C29H33N3O4S/c1-30-28(34)25(5-3-14-33)32-18-24-23(29(32)35)4-2-6-26(24)36-19-21-9-7-20(8-10-21)16-31-13-11-27-22(17-31)12-15-37-27/h2,4,6-10,14,25H,3,5,11-13,15-19H2,1H3,(H,30,34). The number of carbonyl (C=O) groups excluding carboxylic acids is 3. The SMILES string of the molecule is CNC(=O)C(CCC=O)N1Cc2c(OCc3ccc(CN4CCC5=C(CCS5)C4)cc3)cccc2C1=O. The largest absolute Gasteiger partial charge is 0.489 e. The summed E-state index contributed by atoms with van der Waals surface area (Å²) < 4.78 is 6.16. The number of likely N-dealkylation sites (N-methyl/N-ethyl adjacent to an activating group) is 1. The van der Waals surface area contributed by atoms with Crippen LogP contribution >= 0.6 is 11.8 Å². The fourth-order valence-corrected chi connectivity index (χ4v) is 6.59. The number of fused-ring (bicyclic) bond motifs is 1. The highest BCUT2D eigenvalue weighted by Gasteiger charge is 2.37. The van der Waals surface area contributed by atoms with Crippen molar-refractivity contribution in [1.29, 1.82) is 0 Å². The highest BCUT2D eigenvalue weighted by molar-refractivity contribution is 8.03. The molecule has 3 aliphatic heterocycles. The van der Waals surface area contributed by atoms with E-state index < -0.39 is 6.04 Å². The van der Waals surface area contributed by atoms with Crippen molar-refractivity contribution in [3.05, 3.63) is 75.2 Å². The fourth-order valence-electron chi connectivity index (χ4n) is 5.39. The molecule has 2 amide bonds. The molecule has 0 saturated heterocycles. The number of aldehydes is 1. The molecular formula is C29H33N3O4S. The van der Waals surface area contributed by atoms with Gasteiger partial charge >= 0.3 is 0 Å². The summed E-state index contributed by atoms with van der Waals surface area (Å²) in [5, 5.41) is 2.61. The number of ether oxygens (including phenoxy) is 1. The number of nitrogens with zero attached hydrogens (tertiary/aromatic N) is 2. The van der Waals surface area contributed by atoms with Crippen molar-refractivity contribution in [1.82, 2.24) is 15.1 Å². The molecule has 5 rings (SSSR count). The molecule has 1 N–H and O–H groups in total. The molecule has 2 aromatic rings. The van der Waals surface area contributed by atoms with Gasteiger partial charge in [-0.2, -0.15) is 0 Å². The second-order valence-corrected chi connectivity index (χ2v) is 11.0. The summed E-state index contributed by atoms with van der Waals surface area (Å²) in [7, 11) is 1.54. The van der Waals surface area contributed by atoms with Gasteiger partial charge in [0.15, 0.2) is 0 Å². The van der Waals surface area contributed by atoms with Crippen LogP contribution in [0.3, 0.4) is 0 Å². The summed E-state index contributed by atoms with van der Waals surface area (Å²) in [5.41, 5.74) is 5.34. The van der Waals surface area contributed by atoms with Crippen LogP contribution in [0.25, 0.3) is 0 Å². The Morgan fingerprint density at radius 1 is 1.14 bits per heavy atom. The first kappa shape index (κ1) is 25.5. The smallest absolute Gasteiger partial charge is 0.255 e. The van der Waals surface area contributed by atoms with Crippen molar-refractivity contribution >= 4 is 29.9 Å². The van der Waals surface area contributed by atoms with Gasteiger partial charge in [-0.25, -0.2) is 0 Å². The van der Waals surface area contributed by atoms with Gasteiger partial charge < -0.3 is 19.7 Å². The molecule has 3 aliphatic rings. The number of thioether (sulfide) groups is 1. The number of rotatable bonds is 10. The van der Waals surface area contributed by atoms with Gasteiger partial charge in [0.1, 0.15) is 24.7 Å². The van der Waals surface area contributed by atoms with Crippen LogP contribution in [0.15, 0.2) is 52.9 Å². The Bertz CT molecular complexity index is 1210. The molecule has 37 heavy (non-hydrogen) atoms. The van der Waals surface area contributed by atoms with Crippen LogP contribution in [0.1, 0.15) is 52.7 Å². The van der Waals surface area contributed by atoms with E-state index in [1.54, 1.807) is 34.6 Å². The first-order valence-electron chi connectivity index (χ1n) is 12.9. The van der Waals surface area contributed by atoms with Crippen LogP contribution < -0.4 is 10.1 Å². The predicted octanol–water partition coefficient (Wildman–Crippen LogP) is 3.91. The molecule has 0 fully saturated rings. The normalized spacial score (nSPS) is 18.0. The van der Waals surface area contributed by atoms with E-state index in [0.29, 0.717) is 24.3 Å². The van der Waals surface area contributed by atoms with E-state index in [-0.39, 0.29) is 24.8 Å². The monoisotopic (exact) mass is 519 g/mol. The number of benzene rings is 2. The molecule has 0 radical (unpaired) electrons. The third kappa shape index (κ3) is 5.60. The molecule has 0 aliphatic carbocycles. The lowest BCUT2D eigenvalue weighted by Gasteiger charge is -2.28. The number of hydrogen-bond acceptors (Lipinski definition) is 6. The fraction of sp³-hybridized carbons (Fsp3) is 0.414. The maximum absolute atomic E-state index is 13.1. The van der Waals surface area contributed by atoms with Gasteiger partial charge in [0, 0.05) is 50.0 Å². The van der Waals surface area contributed by atoms with Crippen LogP contribution in [-0.2, 0) is 29.3 Å². The number of hydrogen-bond donors (Lipinski definition) is 1. The maximum atomic E-state index is 13.1. The van der Waals surface area contributed by atoms with E-state index in [4.69, 9.17) is 4.74 Å². The van der Waals surface area contributed by atoms with Gasteiger partial charge in [0.2, 0.25) is 5.91 Å². The molecule has 0 aromatic heterocycles. The van der Waals surface area contributed by atoms with Gasteiger partial charge in [-0.1, -0.05) is 30.3 Å². The average molecular weight is 520 g/mol. The van der Waals surface area contributed by atoms with E-state index in [0.717, 1.165) is 37.0 Å². The van der Waals surface area contributed by atoms with Gasteiger partial charge in [-0.05, 0) is 53.0 Å². The minimum Gasteiger partial charge on any atom is -0.489 e.